The first kappa shape index (κ1) is 12.1. The Bertz CT molecular complexity index is 493. The summed E-state index contributed by atoms with van der Waals surface area (Å²) >= 11 is 1.67. The van der Waals surface area contributed by atoms with Crippen LogP contribution in [0.3, 0.4) is 0 Å². The molecule has 0 aliphatic rings. The average Bonchev–Trinajstić information content (AvgIpc) is 2.75. The van der Waals surface area contributed by atoms with E-state index in [0.717, 1.165) is 23.1 Å². The van der Waals surface area contributed by atoms with Crippen LogP contribution in [0.25, 0.3) is 10.7 Å². The Kier molecular flexibility index (Phi) is 3.81. The second-order valence-corrected chi connectivity index (χ2v) is 5.27. The summed E-state index contributed by atoms with van der Waals surface area (Å²) in [5, 5.41) is 4.33. The van der Waals surface area contributed by atoms with Crippen LogP contribution < -0.4 is 5.32 Å². The number of hydrogen-bond acceptors (Lipinski definition) is 5. The van der Waals surface area contributed by atoms with Gasteiger partial charge in [0.05, 0.1) is 0 Å². The first-order valence-corrected chi connectivity index (χ1v) is 6.45. The van der Waals surface area contributed by atoms with Crippen molar-refractivity contribution in [2.45, 2.75) is 33.4 Å². The first-order valence-electron chi connectivity index (χ1n) is 5.63. The van der Waals surface area contributed by atoms with Gasteiger partial charge in [-0.2, -0.15) is 0 Å². The molecule has 90 valence electrons. The van der Waals surface area contributed by atoms with E-state index in [1.54, 1.807) is 17.5 Å². The smallest absolute Gasteiger partial charge is 0.142 e. The number of aryl methyl sites for hydroxylation is 1. The quantitative estimate of drug-likeness (QED) is 0.902. The third kappa shape index (κ3) is 3.31. The molecule has 0 fully saturated rings. The molecule has 2 heterocycles. The zero-order valence-corrected chi connectivity index (χ0v) is 11.1. The standard InChI is InChI=1S/C12H16N4S/c1-8(2)14-6-10-7-15-12(17-10)11-4-5-13-9(3)16-11/h4-5,7-8,14H,6H2,1-3H3. The van der Waals surface area contributed by atoms with Crippen LogP contribution in [-0.2, 0) is 6.54 Å². The van der Waals surface area contributed by atoms with Crippen LogP contribution in [0.4, 0.5) is 0 Å². The number of nitrogens with one attached hydrogen (secondary N) is 1. The van der Waals surface area contributed by atoms with E-state index in [4.69, 9.17) is 0 Å². The van der Waals surface area contributed by atoms with Crippen LogP contribution in [0.2, 0.25) is 0 Å². The lowest BCUT2D eigenvalue weighted by atomic mass is 10.4. The van der Waals surface area contributed by atoms with Gasteiger partial charge in [-0.3, -0.25) is 0 Å². The predicted molar refractivity (Wildman–Crippen MR) is 69.9 cm³/mol. The molecule has 0 bridgehead atoms. The van der Waals surface area contributed by atoms with Gasteiger partial charge in [0.1, 0.15) is 16.5 Å². The molecule has 1 N–H and O–H groups in total. The summed E-state index contributed by atoms with van der Waals surface area (Å²) in [6.45, 7) is 7.02. The van der Waals surface area contributed by atoms with Crippen molar-refractivity contribution in [3.8, 4) is 10.7 Å². The van der Waals surface area contributed by atoms with E-state index in [-0.39, 0.29) is 0 Å². The number of rotatable bonds is 4. The topological polar surface area (TPSA) is 50.7 Å². The Hall–Kier alpha value is -1.33. The van der Waals surface area contributed by atoms with Crippen LogP contribution in [0.15, 0.2) is 18.5 Å². The second-order valence-electron chi connectivity index (χ2n) is 4.16. The van der Waals surface area contributed by atoms with E-state index in [2.05, 4.69) is 34.1 Å². The SMILES string of the molecule is Cc1nccc(-c2ncc(CNC(C)C)s2)n1. The lowest BCUT2D eigenvalue weighted by Crippen LogP contribution is -2.21. The molecule has 0 saturated carbocycles. The van der Waals surface area contributed by atoms with Crippen molar-refractivity contribution in [2.24, 2.45) is 0 Å². The molecule has 17 heavy (non-hydrogen) atoms. The minimum absolute atomic E-state index is 0.488. The van der Waals surface area contributed by atoms with E-state index in [1.165, 1.54) is 4.88 Å². The fourth-order valence-corrected chi connectivity index (χ4v) is 2.22. The van der Waals surface area contributed by atoms with Gasteiger partial charge in [0, 0.05) is 29.9 Å². The van der Waals surface area contributed by atoms with Crippen molar-refractivity contribution in [1.82, 2.24) is 20.3 Å². The van der Waals surface area contributed by atoms with Gasteiger partial charge in [-0.15, -0.1) is 11.3 Å². The maximum absolute atomic E-state index is 4.39. The molecule has 0 saturated heterocycles. The van der Waals surface area contributed by atoms with Crippen molar-refractivity contribution in [1.29, 1.82) is 0 Å². The molecule has 0 unspecified atom stereocenters. The highest BCUT2D eigenvalue weighted by Gasteiger charge is 2.06. The fraction of sp³-hybridized carbons (Fsp3) is 0.417. The average molecular weight is 248 g/mol. The fourth-order valence-electron chi connectivity index (χ4n) is 1.39. The van der Waals surface area contributed by atoms with Crippen molar-refractivity contribution >= 4 is 11.3 Å². The number of nitrogens with zero attached hydrogens (tertiary/aromatic N) is 3. The van der Waals surface area contributed by atoms with Crippen LogP contribution >= 0.6 is 11.3 Å². The van der Waals surface area contributed by atoms with E-state index >= 15 is 0 Å². The second kappa shape index (κ2) is 5.33. The van der Waals surface area contributed by atoms with E-state index < -0.39 is 0 Å². The normalized spacial score (nSPS) is 11.1. The molecule has 0 aliphatic heterocycles. The number of thiazole rings is 1. The molecule has 5 heteroatoms. The summed E-state index contributed by atoms with van der Waals surface area (Å²) in [6, 6.07) is 2.38. The molecular weight excluding hydrogens is 232 g/mol. The van der Waals surface area contributed by atoms with E-state index in [9.17, 15) is 0 Å². The zero-order valence-electron chi connectivity index (χ0n) is 10.3. The maximum Gasteiger partial charge on any atom is 0.142 e. The van der Waals surface area contributed by atoms with Gasteiger partial charge in [0.15, 0.2) is 0 Å². The van der Waals surface area contributed by atoms with Gasteiger partial charge in [-0.25, -0.2) is 15.0 Å². The summed E-state index contributed by atoms with van der Waals surface area (Å²) < 4.78 is 0. The molecule has 2 aromatic rings. The van der Waals surface area contributed by atoms with Crippen LogP contribution in [-0.4, -0.2) is 21.0 Å². The first-order chi connectivity index (χ1) is 8.15. The van der Waals surface area contributed by atoms with E-state index in [1.807, 2.05) is 19.2 Å². The van der Waals surface area contributed by atoms with Crippen LogP contribution in [0, 0.1) is 6.92 Å². The molecule has 4 nitrogen and oxygen atoms in total. The Morgan fingerprint density at radius 2 is 2.18 bits per heavy atom. The highest BCUT2D eigenvalue weighted by Crippen LogP contribution is 2.23. The van der Waals surface area contributed by atoms with Gasteiger partial charge in [-0.05, 0) is 13.0 Å². The predicted octanol–water partition coefficient (Wildman–Crippen LogP) is 2.41. The zero-order chi connectivity index (χ0) is 12.3. The minimum Gasteiger partial charge on any atom is -0.310 e. The van der Waals surface area contributed by atoms with Gasteiger partial charge in [0.25, 0.3) is 0 Å². The van der Waals surface area contributed by atoms with Gasteiger partial charge in [0.2, 0.25) is 0 Å². The third-order valence-electron chi connectivity index (χ3n) is 2.23. The third-order valence-corrected chi connectivity index (χ3v) is 3.25. The molecule has 0 amide bonds. The van der Waals surface area contributed by atoms with Gasteiger partial charge in [-0.1, -0.05) is 13.8 Å². The monoisotopic (exact) mass is 248 g/mol. The largest absolute Gasteiger partial charge is 0.310 e. The Labute approximate surface area is 105 Å². The highest BCUT2D eigenvalue weighted by molar-refractivity contribution is 7.14. The van der Waals surface area contributed by atoms with Crippen LogP contribution in [0.1, 0.15) is 24.5 Å². The summed E-state index contributed by atoms with van der Waals surface area (Å²) in [5.41, 5.74) is 0.901. The van der Waals surface area contributed by atoms with Crippen molar-refractivity contribution in [3.05, 3.63) is 29.2 Å². The number of hydrogen-bond donors (Lipinski definition) is 1. The number of aromatic nitrogens is 3. The molecule has 2 aromatic heterocycles. The Morgan fingerprint density at radius 3 is 2.88 bits per heavy atom. The molecule has 0 radical (unpaired) electrons. The van der Waals surface area contributed by atoms with Crippen molar-refractivity contribution in [2.75, 3.05) is 0 Å². The molecular formula is C12H16N4S. The molecule has 0 aromatic carbocycles. The Balaban J connectivity index is 2.12. The summed E-state index contributed by atoms with van der Waals surface area (Å²) in [4.78, 5) is 14.1. The molecule has 0 spiro atoms. The summed E-state index contributed by atoms with van der Waals surface area (Å²) in [7, 11) is 0. The van der Waals surface area contributed by atoms with Crippen LogP contribution in [0.5, 0.6) is 0 Å². The van der Waals surface area contributed by atoms with Gasteiger partial charge >= 0.3 is 0 Å². The summed E-state index contributed by atoms with van der Waals surface area (Å²) in [5.74, 6) is 0.777. The van der Waals surface area contributed by atoms with Crippen molar-refractivity contribution in [3.63, 3.8) is 0 Å². The molecule has 0 aliphatic carbocycles. The van der Waals surface area contributed by atoms with Gasteiger partial charge < -0.3 is 5.32 Å². The van der Waals surface area contributed by atoms with E-state index in [0.29, 0.717) is 6.04 Å². The Morgan fingerprint density at radius 1 is 1.35 bits per heavy atom. The minimum atomic E-state index is 0.488. The lowest BCUT2D eigenvalue weighted by molar-refractivity contribution is 0.593. The summed E-state index contributed by atoms with van der Waals surface area (Å²) in [6.07, 6.45) is 3.68. The lowest BCUT2D eigenvalue weighted by Gasteiger charge is -2.04. The maximum atomic E-state index is 4.39. The highest BCUT2D eigenvalue weighted by atomic mass is 32.1. The molecule has 0 atom stereocenters. The molecule has 2 rings (SSSR count). The van der Waals surface area contributed by atoms with Crippen molar-refractivity contribution < 1.29 is 0 Å².